The molecule has 2 aliphatic rings. The molecule has 1 unspecified atom stereocenters. The summed E-state index contributed by atoms with van der Waals surface area (Å²) in [6.45, 7) is 3.06. The number of amides is 2. The summed E-state index contributed by atoms with van der Waals surface area (Å²) in [4.78, 5) is 35.0. The molecule has 2 fully saturated rings. The number of piperidine rings is 1. The van der Waals surface area contributed by atoms with E-state index >= 15 is 0 Å². The van der Waals surface area contributed by atoms with Crippen LogP contribution in [0.25, 0.3) is 11.1 Å². The number of fused-ring (bicyclic) bond motifs is 1. The van der Waals surface area contributed by atoms with Gasteiger partial charge in [0.2, 0.25) is 5.91 Å². The Labute approximate surface area is 157 Å². The number of hydrogen-bond acceptors (Lipinski definition) is 6. The first kappa shape index (κ1) is 17.6. The first-order chi connectivity index (χ1) is 13.2. The number of benzene rings is 1. The summed E-state index contributed by atoms with van der Waals surface area (Å²) < 4.78 is 10.7. The van der Waals surface area contributed by atoms with Crippen molar-refractivity contribution in [3.05, 3.63) is 24.3 Å². The molecule has 0 radical (unpaired) electrons. The van der Waals surface area contributed by atoms with Crippen LogP contribution >= 0.6 is 0 Å². The Morgan fingerprint density at radius 1 is 1.11 bits per heavy atom. The molecule has 144 valence electrons. The predicted molar refractivity (Wildman–Crippen MR) is 99.6 cm³/mol. The maximum absolute atomic E-state index is 13.0. The van der Waals surface area contributed by atoms with E-state index in [9.17, 15) is 9.59 Å². The molecule has 0 saturated carbocycles. The minimum atomic E-state index is -0.418. The van der Waals surface area contributed by atoms with Gasteiger partial charge in [0.25, 0.3) is 6.01 Å². The number of methoxy groups -OCH3 is 1. The van der Waals surface area contributed by atoms with E-state index in [0.717, 1.165) is 23.9 Å². The molecule has 8 heteroatoms. The number of anilines is 1. The first-order valence-electron chi connectivity index (χ1n) is 9.41. The van der Waals surface area contributed by atoms with Gasteiger partial charge in [0.1, 0.15) is 11.6 Å². The van der Waals surface area contributed by atoms with Crippen molar-refractivity contribution in [2.75, 3.05) is 44.7 Å². The summed E-state index contributed by atoms with van der Waals surface area (Å²) in [6, 6.07) is 7.86. The molecule has 8 nitrogen and oxygen atoms in total. The monoisotopic (exact) mass is 372 g/mol. The van der Waals surface area contributed by atoms with Crippen LogP contribution < -0.4 is 4.90 Å². The van der Waals surface area contributed by atoms with Crippen LogP contribution in [-0.2, 0) is 9.53 Å². The van der Waals surface area contributed by atoms with Crippen molar-refractivity contribution in [1.29, 1.82) is 0 Å². The van der Waals surface area contributed by atoms with E-state index in [1.54, 1.807) is 4.90 Å². The number of nitrogens with zero attached hydrogens (tertiary/aromatic N) is 4. The molecule has 0 aliphatic carbocycles. The zero-order chi connectivity index (χ0) is 18.8. The summed E-state index contributed by atoms with van der Waals surface area (Å²) in [5.74, 6) is 0.0114. The van der Waals surface area contributed by atoms with Crippen molar-refractivity contribution in [2.24, 2.45) is 0 Å². The van der Waals surface area contributed by atoms with Crippen LogP contribution in [0.3, 0.4) is 0 Å². The molecule has 1 atom stereocenters. The van der Waals surface area contributed by atoms with E-state index < -0.39 is 12.1 Å². The van der Waals surface area contributed by atoms with Gasteiger partial charge in [0, 0.05) is 32.7 Å². The second-order valence-electron chi connectivity index (χ2n) is 6.95. The fourth-order valence-corrected chi connectivity index (χ4v) is 3.85. The minimum absolute atomic E-state index is 0.0114. The molecular formula is C19H24N4O4. The molecule has 2 aromatic rings. The zero-order valence-corrected chi connectivity index (χ0v) is 15.5. The summed E-state index contributed by atoms with van der Waals surface area (Å²) in [5.41, 5.74) is 1.60. The molecule has 2 saturated heterocycles. The molecule has 2 amide bonds. The zero-order valence-electron chi connectivity index (χ0n) is 15.5. The second-order valence-corrected chi connectivity index (χ2v) is 6.95. The highest BCUT2D eigenvalue weighted by Crippen LogP contribution is 2.24. The molecule has 0 spiro atoms. The Morgan fingerprint density at radius 3 is 2.63 bits per heavy atom. The third-order valence-corrected chi connectivity index (χ3v) is 5.34. The number of aromatic nitrogens is 1. The highest BCUT2D eigenvalue weighted by molar-refractivity contribution is 5.86. The SMILES string of the molecule is COC(=O)N1CCCCC1C(=O)N1CCN(c2nc3ccccc3o2)CC1. The molecule has 27 heavy (non-hydrogen) atoms. The van der Waals surface area contributed by atoms with E-state index in [1.165, 1.54) is 7.11 Å². The van der Waals surface area contributed by atoms with E-state index in [0.29, 0.717) is 45.2 Å². The molecule has 0 N–H and O–H groups in total. The number of rotatable bonds is 2. The number of ether oxygens (including phenoxy) is 1. The number of para-hydroxylation sites is 2. The molecule has 0 bridgehead atoms. The lowest BCUT2D eigenvalue weighted by atomic mass is 10.0. The van der Waals surface area contributed by atoms with Gasteiger partial charge in [-0.2, -0.15) is 4.98 Å². The number of carbonyl (C=O) groups is 2. The second kappa shape index (κ2) is 7.46. The molecule has 1 aromatic heterocycles. The van der Waals surface area contributed by atoms with E-state index in [-0.39, 0.29) is 5.91 Å². The number of hydrogen-bond donors (Lipinski definition) is 0. The molecule has 4 rings (SSSR count). The lowest BCUT2D eigenvalue weighted by Crippen LogP contribution is -2.57. The average molecular weight is 372 g/mol. The van der Waals surface area contributed by atoms with Crippen LogP contribution in [-0.4, -0.2) is 72.7 Å². The van der Waals surface area contributed by atoms with Crippen molar-refractivity contribution in [3.63, 3.8) is 0 Å². The van der Waals surface area contributed by atoms with Crippen molar-refractivity contribution in [2.45, 2.75) is 25.3 Å². The average Bonchev–Trinajstić information content (AvgIpc) is 3.17. The van der Waals surface area contributed by atoms with Crippen molar-refractivity contribution >= 4 is 29.1 Å². The number of carbonyl (C=O) groups excluding carboxylic acids is 2. The maximum Gasteiger partial charge on any atom is 0.410 e. The van der Waals surface area contributed by atoms with Gasteiger partial charge >= 0.3 is 6.09 Å². The van der Waals surface area contributed by atoms with E-state index in [4.69, 9.17) is 9.15 Å². The molecule has 2 aliphatic heterocycles. The minimum Gasteiger partial charge on any atom is -0.453 e. The number of likely N-dealkylation sites (tertiary alicyclic amines) is 1. The highest BCUT2D eigenvalue weighted by atomic mass is 16.5. The highest BCUT2D eigenvalue weighted by Gasteiger charge is 2.36. The standard InChI is InChI=1S/C19H24N4O4/c1-26-19(25)23-9-5-4-7-15(23)17(24)21-10-12-22(13-11-21)18-20-14-6-2-3-8-16(14)27-18/h2-3,6,8,15H,4-5,7,9-13H2,1H3. The van der Waals surface area contributed by atoms with Gasteiger partial charge in [-0.25, -0.2) is 4.79 Å². The number of piperazine rings is 1. The smallest absolute Gasteiger partial charge is 0.410 e. The van der Waals surface area contributed by atoms with Gasteiger partial charge < -0.3 is 19.0 Å². The fourth-order valence-electron chi connectivity index (χ4n) is 3.85. The Bertz CT molecular complexity index is 795. The summed E-state index contributed by atoms with van der Waals surface area (Å²) in [5, 5.41) is 0. The summed E-state index contributed by atoms with van der Waals surface area (Å²) >= 11 is 0. The van der Waals surface area contributed by atoms with Gasteiger partial charge in [-0.1, -0.05) is 12.1 Å². The Balaban J connectivity index is 1.40. The van der Waals surface area contributed by atoms with Gasteiger partial charge in [-0.15, -0.1) is 0 Å². The van der Waals surface area contributed by atoms with Crippen LogP contribution in [0.5, 0.6) is 0 Å². The molecular weight excluding hydrogens is 348 g/mol. The van der Waals surface area contributed by atoms with Crippen LogP contribution in [0, 0.1) is 0 Å². The van der Waals surface area contributed by atoms with Crippen LogP contribution in [0.1, 0.15) is 19.3 Å². The normalized spacial score (nSPS) is 20.8. The Morgan fingerprint density at radius 2 is 1.89 bits per heavy atom. The third kappa shape index (κ3) is 3.43. The van der Waals surface area contributed by atoms with Gasteiger partial charge in [0.15, 0.2) is 5.58 Å². The van der Waals surface area contributed by atoms with Crippen LogP contribution in [0.4, 0.5) is 10.8 Å². The first-order valence-corrected chi connectivity index (χ1v) is 9.41. The lowest BCUT2D eigenvalue weighted by molar-refractivity contribution is -0.137. The predicted octanol–water partition coefficient (Wildman–Crippen LogP) is 2.10. The summed E-state index contributed by atoms with van der Waals surface area (Å²) in [6.07, 6.45) is 2.13. The topological polar surface area (TPSA) is 79.1 Å². The fraction of sp³-hybridized carbons (Fsp3) is 0.526. The van der Waals surface area contributed by atoms with E-state index in [1.807, 2.05) is 29.2 Å². The molecule has 3 heterocycles. The quantitative estimate of drug-likeness (QED) is 0.803. The van der Waals surface area contributed by atoms with Gasteiger partial charge in [-0.05, 0) is 31.4 Å². The molecule has 1 aromatic carbocycles. The lowest BCUT2D eigenvalue weighted by Gasteiger charge is -2.39. The van der Waals surface area contributed by atoms with Crippen molar-refractivity contribution < 1.29 is 18.7 Å². The van der Waals surface area contributed by atoms with Gasteiger partial charge in [-0.3, -0.25) is 9.69 Å². The van der Waals surface area contributed by atoms with Crippen molar-refractivity contribution in [3.8, 4) is 0 Å². The largest absolute Gasteiger partial charge is 0.453 e. The van der Waals surface area contributed by atoms with E-state index in [2.05, 4.69) is 9.88 Å². The Kier molecular flexibility index (Phi) is 4.87. The maximum atomic E-state index is 13.0. The van der Waals surface area contributed by atoms with Gasteiger partial charge in [0.05, 0.1) is 7.11 Å². The third-order valence-electron chi connectivity index (χ3n) is 5.34. The summed E-state index contributed by atoms with van der Waals surface area (Å²) in [7, 11) is 1.36. The van der Waals surface area contributed by atoms with Crippen LogP contribution in [0.15, 0.2) is 28.7 Å². The van der Waals surface area contributed by atoms with Crippen molar-refractivity contribution in [1.82, 2.24) is 14.8 Å². The number of oxazole rings is 1. The van der Waals surface area contributed by atoms with Crippen LogP contribution in [0.2, 0.25) is 0 Å². The Hall–Kier alpha value is -2.77.